The number of benzene rings is 1. The van der Waals surface area contributed by atoms with Gasteiger partial charge in [-0.2, -0.15) is 0 Å². The van der Waals surface area contributed by atoms with Crippen LogP contribution in [-0.2, 0) is 0 Å². The summed E-state index contributed by atoms with van der Waals surface area (Å²) in [6.07, 6.45) is 1.71. The highest BCUT2D eigenvalue weighted by Crippen LogP contribution is 2.25. The first kappa shape index (κ1) is 12.1. The van der Waals surface area contributed by atoms with Gasteiger partial charge in [0.2, 0.25) is 0 Å². The molecule has 0 atom stereocenters. The Morgan fingerprint density at radius 1 is 1.25 bits per heavy atom. The lowest BCUT2D eigenvalue weighted by atomic mass is 10.1. The van der Waals surface area contributed by atoms with Crippen molar-refractivity contribution in [2.75, 3.05) is 0 Å². The Morgan fingerprint density at radius 2 is 2.00 bits per heavy atom. The van der Waals surface area contributed by atoms with Crippen molar-refractivity contribution in [3.8, 4) is 11.4 Å². The van der Waals surface area contributed by atoms with E-state index < -0.39 is 0 Å². The minimum atomic E-state index is 0.472. The number of aromatic nitrogens is 2. The molecular weight excluding hydrogens is 358 g/mol. The standard InChI is InChI=1S/C11H7Cl2IN2/c1-6-4-7(12)2-3-8(6)11-15-5-9(14)10(13)16-11/h2-5H,1H3. The summed E-state index contributed by atoms with van der Waals surface area (Å²) < 4.78 is 0.842. The molecule has 0 unspecified atom stereocenters. The molecule has 5 heteroatoms. The molecule has 0 fully saturated rings. The fourth-order valence-corrected chi connectivity index (χ4v) is 1.97. The van der Waals surface area contributed by atoms with Gasteiger partial charge in [-0.25, -0.2) is 9.97 Å². The molecule has 2 rings (SSSR count). The van der Waals surface area contributed by atoms with Crippen LogP contribution in [0.1, 0.15) is 5.56 Å². The maximum absolute atomic E-state index is 5.96. The van der Waals surface area contributed by atoms with Gasteiger partial charge in [0.25, 0.3) is 0 Å². The molecule has 16 heavy (non-hydrogen) atoms. The van der Waals surface area contributed by atoms with Gasteiger partial charge in [-0.1, -0.05) is 23.2 Å². The molecule has 82 valence electrons. The minimum absolute atomic E-state index is 0.472. The number of rotatable bonds is 1. The fraction of sp³-hybridized carbons (Fsp3) is 0.0909. The molecule has 1 aromatic carbocycles. The average molecular weight is 365 g/mol. The molecule has 0 amide bonds. The zero-order chi connectivity index (χ0) is 11.7. The Kier molecular flexibility index (Phi) is 3.66. The summed E-state index contributed by atoms with van der Waals surface area (Å²) in [5.41, 5.74) is 1.98. The molecule has 0 bridgehead atoms. The summed E-state index contributed by atoms with van der Waals surface area (Å²) in [4.78, 5) is 8.49. The van der Waals surface area contributed by atoms with Crippen LogP contribution in [0.15, 0.2) is 24.4 Å². The third-order valence-electron chi connectivity index (χ3n) is 2.13. The first-order valence-corrected chi connectivity index (χ1v) is 6.36. The zero-order valence-electron chi connectivity index (χ0n) is 8.34. The van der Waals surface area contributed by atoms with E-state index in [1.165, 1.54) is 0 Å². The molecule has 0 spiro atoms. The molecule has 2 aromatic rings. The molecule has 0 aliphatic carbocycles. The van der Waals surface area contributed by atoms with Crippen LogP contribution in [0.2, 0.25) is 10.2 Å². The van der Waals surface area contributed by atoms with Gasteiger partial charge < -0.3 is 0 Å². The molecule has 1 aromatic heterocycles. The van der Waals surface area contributed by atoms with Crippen LogP contribution in [0, 0.1) is 10.5 Å². The van der Waals surface area contributed by atoms with E-state index in [0.29, 0.717) is 16.0 Å². The molecular formula is C11H7Cl2IN2. The summed E-state index contributed by atoms with van der Waals surface area (Å²) in [5.74, 6) is 0.625. The van der Waals surface area contributed by atoms with Gasteiger partial charge in [0.15, 0.2) is 5.82 Å². The Morgan fingerprint density at radius 3 is 2.62 bits per heavy atom. The van der Waals surface area contributed by atoms with E-state index in [9.17, 15) is 0 Å². The van der Waals surface area contributed by atoms with Gasteiger partial charge in [-0.15, -0.1) is 0 Å². The quantitative estimate of drug-likeness (QED) is 0.554. The lowest BCUT2D eigenvalue weighted by Gasteiger charge is -2.05. The third kappa shape index (κ3) is 2.47. The van der Waals surface area contributed by atoms with E-state index in [-0.39, 0.29) is 0 Å². The number of hydrogen-bond donors (Lipinski definition) is 0. The van der Waals surface area contributed by atoms with Crippen LogP contribution in [-0.4, -0.2) is 9.97 Å². The Hall–Kier alpha value is -0.390. The average Bonchev–Trinajstić information content (AvgIpc) is 2.22. The molecule has 0 N–H and O–H groups in total. The van der Waals surface area contributed by atoms with Crippen molar-refractivity contribution in [3.05, 3.63) is 43.7 Å². The second-order valence-corrected chi connectivity index (χ2v) is 5.25. The van der Waals surface area contributed by atoms with Crippen molar-refractivity contribution in [2.45, 2.75) is 6.92 Å². The van der Waals surface area contributed by atoms with Crippen LogP contribution < -0.4 is 0 Å². The van der Waals surface area contributed by atoms with Crippen LogP contribution in [0.25, 0.3) is 11.4 Å². The third-order valence-corrected chi connectivity index (χ3v) is 3.76. The van der Waals surface area contributed by atoms with Gasteiger partial charge >= 0.3 is 0 Å². The molecule has 1 heterocycles. The number of aryl methyl sites for hydroxylation is 1. The van der Waals surface area contributed by atoms with Crippen LogP contribution in [0.3, 0.4) is 0 Å². The monoisotopic (exact) mass is 364 g/mol. The maximum atomic E-state index is 5.96. The SMILES string of the molecule is Cc1cc(Cl)ccc1-c1ncc(I)c(Cl)n1. The molecule has 0 radical (unpaired) electrons. The van der Waals surface area contributed by atoms with E-state index in [1.54, 1.807) is 6.20 Å². The molecule has 2 nitrogen and oxygen atoms in total. The predicted molar refractivity (Wildman–Crippen MR) is 74.9 cm³/mol. The van der Waals surface area contributed by atoms with E-state index in [1.807, 2.05) is 25.1 Å². The van der Waals surface area contributed by atoms with Crippen molar-refractivity contribution in [3.63, 3.8) is 0 Å². The van der Waals surface area contributed by atoms with E-state index in [0.717, 1.165) is 14.7 Å². The Labute approximate surface area is 117 Å². The largest absolute Gasteiger partial charge is 0.235 e. The number of hydrogen-bond acceptors (Lipinski definition) is 2. The molecule has 0 saturated heterocycles. The lowest BCUT2D eigenvalue weighted by Crippen LogP contribution is -1.93. The van der Waals surface area contributed by atoms with Gasteiger partial charge in [-0.05, 0) is 53.3 Å². The molecule has 0 saturated carbocycles. The normalized spacial score (nSPS) is 10.5. The van der Waals surface area contributed by atoms with E-state index in [4.69, 9.17) is 23.2 Å². The first-order valence-electron chi connectivity index (χ1n) is 4.52. The topological polar surface area (TPSA) is 25.8 Å². The fourth-order valence-electron chi connectivity index (χ4n) is 1.35. The summed E-state index contributed by atoms with van der Waals surface area (Å²) in [6, 6.07) is 5.60. The second kappa shape index (κ2) is 4.85. The minimum Gasteiger partial charge on any atom is -0.235 e. The van der Waals surface area contributed by atoms with Gasteiger partial charge in [0.05, 0.1) is 3.57 Å². The van der Waals surface area contributed by atoms with Crippen molar-refractivity contribution in [1.82, 2.24) is 9.97 Å². The Bertz CT molecular complexity index is 544. The highest BCUT2D eigenvalue weighted by Gasteiger charge is 2.07. The van der Waals surface area contributed by atoms with Crippen LogP contribution >= 0.6 is 45.8 Å². The van der Waals surface area contributed by atoms with E-state index in [2.05, 4.69) is 32.6 Å². The predicted octanol–water partition coefficient (Wildman–Crippen LogP) is 4.36. The highest BCUT2D eigenvalue weighted by molar-refractivity contribution is 14.1. The smallest absolute Gasteiger partial charge is 0.161 e. The Balaban J connectivity index is 2.54. The highest BCUT2D eigenvalue weighted by atomic mass is 127. The molecule has 0 aliphatic rings. The summed E-state index contributed by atoms with van der Waals surface area (Å²) in [7, 11) is 0. The van der Waals surface area contributed by atoms with Crippen molar-refractivity contribution in [1.29, 1.82) is 0 Å². The van der Waals surface area contributed by atoms with Crippen molar-refractivity contribution < 1.29 is 0 Å². The summed E-state index contributed by atoms with van der Waals surface area (Å²) in [5, 5.41) is 1.18. The summed E-state index contributed by atoms with van der Waals surface area (Å²) in [6.45, 7) is 1.97. The second-order valence-electron chi connectivity index (χ2n) is 3.29. The number of halogens is 3. The maximum Gasteiger partial charge on any atom is 0.161 e. The van der Waals surface area contributed by atoms with Crippen molar-refractivity contribution in [2.24, 2.45) is 0 Å². The summed E-state index contributed by atoms with van der Waals surface area (Å²) >= 11 is 14.0. The first-order chi connectivity index (χ1) is 7.58. The van der Waals surface area contributed by atoms with E-state index >= 15 is 0 Å². The van der Waals surface area contributed by atoms with Crippen LogP contribution in [0.4, 0.5) is 0 Å². The lowest BCUT2D eigenvalue weighted by molar-refractivity contribution is 1.15. The molecule has 0 aliphatic heterocycles. The van der Waals surface area contributed by atoms with Gasteiger partial charge in [0.1, 0.15) is 5.15 Å². The van der Waals surface area contributed by atoms with Gasteiger partial charge in [0, 0.05) is 16.8 Å². The van der Waals surface area contributed by atoms with Crippen LogP contribution in [0.5, 0.6) is 0 Å². The van der Waals surface area contributed by atoms with Gasteiger partial charge in [-0.3, -0.25) is 0 Å². The van der Waals surface area contributed by atoms with Crippen molar-refractivity contribution >= 4 is 45.8 Å². The zero-order valence-corrected chi connectivity index (χ0v) is 12.0. The number of nitrogens with zero attached hydrogens (tertiary/aromatic N) is 2.